The quantitative estimate of drug-likeness (QED) is 0.849. The standard InChI is InChI=1S/C15H13ClN2O2.ClH/c16-11-6-7-13(18-14(19)9-17)12(8-11)15(20)10-4-2-1-3-5-10;/h1-8H,9,17H2,(H,18,19);1H. The van der Waals surface area contributed by atoms with Crippen molar-refractivity contribution in [3.05, 3.63) is 64.7 Å². The normalized spacial score (nSPS) is 9.62. The lowest BCUT2D eigenvalue weighted by Gasteiger charge is -2.10. The SMILES string of the molecule is Cl.NCC(=O)Nc1ccc(Cl)cc1C(=O)c1ccccc1. The summed E-state index contributed by atoms with van der Waals surface area (Å²) >= 11 is 5.93. The van der Waals surface area contributed by atoms with Gasteiger partial charge < -0.3 is 11.1 Å². The van der Waals surface area contributed by atoms with Crippen LogP contribution in [-0.2, 0) is 4.79 Å². The van der Waals surface area contributed by atoms with Crippen molar-refractivity contribution < 1.29 is 9.59 Å². The zero-order valence-corrected chi connectivity index (χ0v) is 12.6. The smallest absolute Gasteiger partial charge is 0.238 e. The number of rotatable bonds is 4. The molecular formula is C15H14Cl2N2O2. The van der Waals surface area contributed by atoms with Crippen LogP contribution in [0.3, 0.4) is 0 Å². The monoisotopic (exact) mass is 324 g/mol. The Bertz CT molecular complexity index is 645. The number of nitrogens with two attached hydrogens (primary N) is 1. The van der Waals surface area contributed by atoms with Crippen LogP contribution in [0.15, 0.2) is 48.5 Å². The predicted molar refractivity (Wildman–Crippen MR) is 86.3 cm³/mol. The van der Waals surface area contributed by atoms with Crippen LogP contribution < -0.4 is 11.1 Å². The summed E-state index contributed by atoms with van der Waals surface area (Å²) in [4.78, 5) is 23.8. The van der Waals surface area contributed by atoms with E-state index in [4.69, 9.17) is 17.3 Å². The number of hydrogen-bond acceptors (Lipinski definition) is 3. The predicted octanol–water partition coefficient (Wildman–Crippen LogP) is 2.89. The molecule has 110 valence electrons. The van der Waals surface area contributed by atoms with E-state index < -0.39 is 0 Å². The van der Waals surface area contributed by atoms with Gasteiger partial charge in [-0.15, -0.1) is 12.4 Å². The van der Waals surface area contributed by atoms with Gasteiger partial charge in [0.15, 0.2) is 5.78 Å². The van der Waals surface area contributed by atoms with Gasteiger partial charge in [0.25, 0.3) is 0 Å². The molecule has 0 fully saturated rings. The summed E-state index contributed by atoms with van der Waals surface area (Å²) in [6.07, 6.45) is 0. The molecule has 0 aliphatic carbocycles. The second kappa shape index (κ2) is 7.78. The van der Waals surface area contributed by atoms with E-state index in [1.807, 2.05) is 6.07 Å². The molecule has 0 saturated carbocycles. The van der Waals surface area contributed by atoms with Gasteiger partial charge in [-0.2, -0.15) is 0 Å². The Morgan fingerprint density at radius 3 is 2.38 bits per heavy atom. The lowest BCUT2D eigenvalue weighted by molar-refractivity contribution is -0.114. The highest BCUT2D eigenvalue weighted by atomic mass is 35.5. The Balaban J connectivity index is 0.00000220. The summed E-state index contributed by atoms with van der Waals surface area (Å²) < 4.78 is 0. The maximum Gasteiger partial charge on any atom is 0.238 e. The Labute approximate surface area is 133 Å². The van der Waals surface area contributed by atoms with Crippen molar-refractivity contribution in [2.75, 3.05) is 11.9 Å². The second-order valence-electron chi connectivity index (χ2n) is 4.14. The van der Waals surface area contributed by atoms with Gasteiger partial charge in [-0.25, -0.2) is 0 Å². The van der Waals surface area contributed by atoms with Gasteiger partial charge in [0.1, 0.15) is 0 Å². The summed E-state index contributed by atoms with van der Waals surface area (Å²) in [5.41, 5.74) is 6.53. The van der Waals surface area contributed by atoms with Crippen LogP contribution in [0.4, 0.5) is 5.69 Å². The highest BCUT2D eigenvalue weighted by Crippen LogP contribution is 2.23. The molecule has 0 aliphatic rings. The van der Waals surface area contributed by atoms with E-state index in [1.54, 1.807) is 36.4 Å². The molecule has 0 saturated heterocycles. The zero-order chi connectivity index (χ0) is 14.5. The second-order valence-corrected chi connectivity index (χ2v) is 4.57. The Hall–Kier alpha value is -1.88. The number of nitrogens with one attached hydrogen (secondary N) is 1. The van der Waals surface area contributed by atoms with Gasteiger partial charge in [0.05, 0.1) is 12.2 Å². The van der Waals surface area contributed by atoms with Gasteiger partial charge in [-0.1, -0.05) is 41.9 Å². The summed E-state index contributed by atoms with van der Waals surface area (Å²) in [6.45, 7) is -0.151. The van der Waals surface area contributed by atoms with Crippen molar-refractivity contribution in [1.82, 2.24) is 0 Å². The van der Waals surface area contributed by atoms with Crippen LogP contribution in [0, 0.1) is 0 Å². The van der Waals surface area contributed by atoms with E-state index in [1.165, 1.54) is 6.07 Å². The Morgan fingerprint density at radius 1 is 1.10 bits per heavy atom. The van der Waals surface area contributed by atoms with Crippen LogP contribution in [0.1, 0.15) is 15.9 Å². The molecule has 0 bridgehead atoms. The third-order valence-corrected chi connectivity index (χ3v) is 2.96. The molecule has 2 aromatic carbocycles. The van der Waals surface area contributed by atoms with Gasteiger partial charge in [-0.3, -0.25) is 9.59 Å². The molecule has 3 N–H and O–H groups in total. The van der Waals surface area contributed by atoms with E-state index >= 15 is 0 Å². The number of amides is 1. The van der Waals surface area contributed by atoms with Crippen molar-refractivity contribution in [3.63, 3.8) is 0 Å². The maximum absolute atomic E-state index is 12.4. The van der Waals surface area contributed by atoms with E-state index in [0.29, 0.717) is 21.8 Å². The van der Waals surface area contributed by atoms with Crippen molar-refractivity contribution in [3.8, 4) is 0 Å². The number of ketones is 1. The minimum Gasteiger partial charge on any atom is -0.324 e. The molecule has 0 aromatic heterocycles. The van der Waals surface area contributed by atoms with Crippen molar-refractivity contribution in [1.29, 1.82) is 0 Å². The molecule has 0 radical (unpaired) electrons. The lowest BCUT2D eigenvalue weighted by Crippen LogP contribution is -2.23. The van der Waals surface area contributed by atoms with E-state index in [-0.39, 0.29) is 30.6 Å². The summed E-state index contributed by atoms with van der Waals surface area (Å²) in [6, 6.07) is 13.5. The third-order valence-electron chi connectivity index (χ3n) is 2.72. The number of benzene rings is 2. The molecular weight excluding hydrogens is 311 g/mol. The highest BCUT2D eigenvalue weighted by Gasteiger charge is 2.15. The van der Waals surface area contributed by atoms with E-state index in [0.717, 1.165) is 0 Å². The van der Waals surface area contributed by atoms with Crippen LogP contribution in [0.2, 0.25) is 5.02 Å². The number of halogens is 2. The minimum atomic E-state index is -0.366. The first-order chi connectivity index (χ1) is 9.61. The van der Waals surface area contributed by atoms with Gasteiger partial charge in [0, 0.05) is 16.1 Å². The van der Waals surface area contributed by atoms with Crippen molar-refractivity contribution >= 4 is 41.4 Å². The topological polar surface area (TPSA) is 72.2 Å². The molecule has 21 heavy (non-hydrogen) atoms. The van der Waals surface area contributed by atoms with Crippen LogP contribution in [0.25, 0.3) is 0 Å². The molecule has 0 unspecified atom stereocenters. The minimum absolute atomic E-state index is 0. The fraction of sp³-hybridized carbons (Fsp3) is 0.0667. The van der Waals surface area contributed by atoms with E-state index in [2.05, 4.69) is 5.32 Å². The first-order valence-electron chi connectivity index (χ1n) is 6.01. The first-order valence-corrected chi connectivity index (χ1v) is 6.39. The van der Waals surface area contributed by atoms with Crippen molar-refractivity contribution in [2.45, 2.75) is 0 Å². The molecule has 6 heteroatoms. The summed E-state index contributed by atoms with van der Waals surface area (Å²) in [5.74, 6) is -0.574. The summed E-state index contributed by atoms with van der Waals surface area (Å²) in [7, 11) is 0. The summed E-state index contributed by atoms with van der Waals surface area (Å²) in [5, 5.41) is 3.02. The Kier molecular flexibility index (Phi) is 6.37. The average Bonchev–Trinajstić information content (AvgIpc) is 2.49. The molecule has 0 atom stereocenters. The molecule has 0 aliphatic heterocycles. The largest absolute Gasteiger partial charge is 0.324 e. The number of carbonyl (C=O) groups excluding carboxylic acids is 2. The van der Waals surface area contributed by atoms with Crippen LogP contribution >= 0.6 is 24.0 Å². The molecule has 4 nitrogen and oxygen atoms in total. The van der Waals surface area contributed by atoms with Gasteiger partial charge in [0.2, 0.25) is 5.91 Å². The van der Waals surface area contributed by atoms with E-state index in [9.17, 15) is 9.59 Å². The molecule has 2 rings (SSSR count). The molecule has 0 spiro atoms. The average molecular weight is 325 g/mol. The number of hydrogen-bond donors (Lipinski definition) is 2. The van der Waals surface area contributed by atoms with Crippen LogP contribution in [0.5, 0.6) is 0 Å². The molecule has 1 amide bonds. The number of carbonyl (C=O) groups is 2. The first kappa shape index (κ1) is 17.2. The fourth-order valence-corrected chi connectivity index (χ4v) is 1.93. The maximum atomic E-state index is 12.4. The number of anilines is 1. The highest BCUT2D eigenvalue weighted by molar-refractivity contribution is 6.31. The van der Waals surface area contributed by atoms with Gasteiger partial charge in [-0.05, 0) is 18.2 Å². The lowest BCUT2D eigenvalue weighted by atomic mass is 10.0. The zero-order valence-electron chi connectivity index (χ0n) is 11.0. The molecule has 2 aromatic rings. The van der Waals surface area contributed by atoms with Gasteiger partial charge >= 0.3 is 0 Å². The molecule has 0 heterocycles. The fourth-order valence-electron chi connectivity index (χ4n) is 1.76. The van der Waals surface area contributed by atoms with Crippen molar-refractivity contribution in [2.24, 2.45) is 5.73 Å². The Morgan fingerprint density at radius 2 is 1.76 bits per heavy atom. The van der Waals surface area contributed by atoms with Crippen LogP contribution in [-0.4, -0.2) is 18.2 Å². The third kappa shape index (κ3) is 4.29.